The molecule has 0 unspecified atom stereocenters. The lowest BCUT2D eigenvalue weighted by molar-refractivity contribution is -0.138. The van der Waals surface area contributed by atoms with Crippen LogP contribution in [0.1, 0.15) is 78.0 Å². The molecule has 35 heavy (non-hydrogen) atoms. The van der Waals surface area contributed by atoms with Gasteiger partial charge >= 0.3 is 0 Å². The predicted octanol–water partition coefficient (Wildman–Crippen LogP) is 5.67. The highest BCUT2D eigenvalue weighted by atomic mass is 16.2. The molecule has 1 aromatic carbocycles. The second kappa shape index (κ2) is 13.1. The number of unbranched alkanes of at least 4 members (excludes halogenated alkanes) is 1. The molecule has 2 heterocycles. The number of nitrogens with zero attached hydrogens (tertiary/aromatic N) is 5. The monoisotopic (exact) mass is 481 g/mol. The molecule has 1 saturated heterocycles. The van der Waals surface area contributed by atoms with Gasteiger partial charge in [-0.3, -0.25) is 4.79 Å². The van der Waals surface area contributed by atoms with Crippen molar-refractivity contribution in [3.05, 3.63) is 41.6 Å². The number of rotatable bonds is 12. The van der Waals surface area contributed by atoms with Gasteiger partial charge in [0.25, 0.3) is 0 Å². The number of para-hydroxylation sites is 1. The summed E-state index contributed by atoms with van der Waals surface area (Å²) < 4.78 is 2.11. The van der Waals surface area contributed by atoms with Crippen LogP contribution in [0.2, 0.25) is 0 Å². The fourth-order valence-electron chi connectivity index (χ4n) is 5.11. The quantitative estimate of drug-likeness (QED) is 0.392. The minimum Gasteiger partial charge on any atom is -0.354 e. The standard InChI is InChI=1S/C29H47N5O/c1-7-11-15-25(9-3)29(35)33(23(5)8-2)22-27-24(6)30-34(26-16-13-12-14-17-26)28(27)32-20-18-31(10-4)19-21-32/h12-14,16-17,23,25H,7-11,15,18-22H2,1-6H3/t23-,25-/m1/s1. The van der Waals surface area contributed by atoms with E-state index in [1.165, 1.54) is 5.56 Å². The van der Waals surface area contributed by atoms with Crippen LogP contribution in [-0.2, 0) is 11.3 Å². The lowest BCUT2D eigenvalue weighted by Gasteiger charge is -2.37. The predicted molar refractivity (Wildman–Crippen MR) is 146 cm³/mol. The van der Waals surface area contributed by atoms with E-state index in [2.05, 4.69) is 85.2 Å². The zero-order chi connectivity index (χ0) is 25.4. The summed E-state index contributed by atoms with van der Waals surface area (Å²) in [5, 5.41) is 5.03. The molecule has 1 amide bonds. The number of amides is 1. The van der Waals surface area contributed by atoms with E-state index in [9.17, 15) is 4.79 Å². The third kappa shape index (κ3) is 6.46. The lowest BCUT2D eigenvalue weighted by atomic mass is 9.96. The van der Waals surface area contributed by atoms with Crippen LogP contribution in [0.25, 0.3) is 5.69 Å². The van der Waals surface area contributed by atoms with Gasteiger partial charge in [-0.25, -0.2) is 4.68 Å². The summed E-state index contributed by atoms with van der Waals surface area (Å²) in [4.78, 5) is 21.0. The van der Waals surface area contributed by atoms with Crippen LogP contribution < -0.4 is 4.90 Å². The number of hydrogen-bond acceptors (Lipinski definition) is 4. The summed E-state index contributed by atoms with van der Waals surface area (Å²) in [6.07, 6.45) is 5.07. The summed E-state index contributed by atoms with van der Waals surface area (Å²) in [6, 6.07) is 10.6. The van der Waals surface area contributed by atoms with Crippen LogP contribution in [-0.4, -0.2) is 64.3 Å². The molecular formula is C29H47N5O. The second-order valence-electron chi connectivity index (χ2n) is 10.0. The van der Waals surface area contributed by atoms with Gasteiger partial charge in [-0.05, 0) is 51.8 Å². The summed E-state index contributed by atoms with van der Waals surface area (Å²) in [5.74, 6) is 1.57. The Morgan fingerprint density at radius 2 is 1.71 bits per heavy atom. The van der Waals surface area contributed by atoms with Crippen molar-refractivity contribution in [2.24, 2.45) is 5.92 Å². The van der Waals surface area contributed by atoms with Gasteiger partial charge in [0.05, 0.1) is 17.9 Å². The molecule has 0 spiro atoms. The minimum absolute atomic E-state index is 0.102. The third-order valence-electron chi connectivity index (χ3n) is 7.76. The molecule has 6 nitrogen and oxygen atoms in total. The smallest absolute Gasteiger partial charge is 0.226 e. The number of carbonyl (C=O) groups is 1. The molecule has 0 saturated carbocycles. The van der Waals surface area contributed by atoms with Crippen molar-refractivity contribution < 1.29 is 4.79 Å². The number of aromatic nitrogens is 2. The highest BCUT2D eigenvalue weighted by Gasteiger charge is 2.31. The van der Waals surface area contributed by atoms with Gasteiger partial charge in [0.15, 0.2) is 0 Å². The average molecular weight is 482 g/mol. The van der Waals surface area contributed by atoms with Crippen molar-refractivity contribution >= 4 is 11.7 Å². The molecule has 6 heteroatoms. The van der Waals surface area contributed by atoms with Gasteiger partial charge in [-0.15, -0.1) is 0 Å². The first kappa shape index (κ1) is 27.3. The summed E-state index contributed by atoms with van der Waals surface area (Å²) in [5.41, 5.74) is 3.29. The maximum absolute atomic E-state index is 13.8. The molecule has 0 radical (unpaired) electrons. The molecular weight excluding hydrogens is 434 g/mol. The Morgan fingerprint density at radius 1 is 1.03 bits per heavy atom. The number of carbonyl (C=O) groups excluding carboxylic acids is 1. The Morgan fingerprint density at radius 3 is 2.29 bits per heavy atom. The number of piperazine rings is 1. The topological polar surface area (TPSA) is 44.6 Å². The molecule has 2 aromatic rings. The van der Waals surface area contributed by atoms with E-state index in [0.717, 1.165) is 82.0 Å². The molecule has 1 aliphatic rings. The second-order valence-corrected chi connectivity index (χ2v) is 10.0. The third-order valence-corrected chi connectivity index (χ3v) is 7.76. The van der Waals surface area contributed by atoms with E-state index in [1.54, 1.807) is 0 Å². The minimum atomic E-state index is 0.102. The van der Waals surface area contributed by atoms with E-state index in [4.69, 9.17) is 5.10 Å². The zero-order valence-electron chi connectivity index (χ0n) is 23.0. The number of benzene rings is 1. The Kier molecular flexibility index (Phi) is 10.2. The first-order chi connectivity index (χ1) is 16.9. The number of likely N-dealkylation sites (N-methyl/N-ethyl adjacent to an activating group) is 1. The fourth-order valence-corrected chi connectivity index (χ4v) is 5.11. The van der Waals surface area contributed by atoms with Gasteiger partial charge in [0, 0.05) is 43.7 Å². The van der Waals surface area contributed by atoms with Crippen molar-refractivity contribution in [2.45, 2.75) is 86.2 Å². The van der Waals surface area contributed by atoms with E-state index < -0.39 is 0 Å². The van der Waals surface area contributed by atoms with Crippen LogP contribution in [0.15, 0.2) is 30.3 Å². The highest BCUT2D eigenvalue weighted by molar-refractivity contribution is 5.79. The summed E-state index contributed by atoms with van der Waals surface area (Å²) in [6.45, 7) is 18.8. The first-order valence-electron chi connectivity index (χ1n) is 13.9. The molecule has 0 N–H and O–H groups in total. The Hall–Kier alpha value is -2.34. The molecule has 1 aliphatic heterocycles. The van der Waals surface area contributed by atoms with Gasteiger partial charge in [0.2, 0.25) is 5.91 Å². The zero-order valence-corrected chi connectivity index (χ0v) is 23.0. The van der Waals surface area contributed by atoms with Crippen LogP contribution in [0, 0.1) is 12.8 Å². The van der Waals surface area contributed by atoms with E-state index in [-0.39, 0.29) is 12.0 Å². The normalized spacial score (nSPS) is 16.3. The summed E-state index contributed by atoms with van der Waals surface area (Å²) >= 11 is 0. The molecule has 0 bridgehead atoms. The van der Waals surface area contributed by atoms with Crippen LogP contribution in [0.5, 0.6) is 0 Å². The van der Waals surface area contributed by atoms with Crippen LogP contribution in [0.3, 0.4) is 0 Å². The fraction of sp³-hybridized carbons (Fsp3) is 0.655. The molecule has 2 atom stereocenters. The van der Waals surface area contributed by atoms with E-state index >= 15 is 0 Å². The molecule has 0 aliphatic carbocycles. The van der Waals surface area contributed by atoms with Gasteiger partial charge in [0.1, 0.15) is 5.82 Å². The lowest BCUT2D eigenvalue weighted by Crippen LogP contribution is -2.47. The molecule has 1 fully saturated rings. The first-order valence-corrected chi connectivity index (χ1v) is 13.9. The number of anilines is 1. The SMILES string of the molecule is CCCC[C@@H](CC)C(=O)N(Cc1c(C)nn(-c2ccccc2)c1N1CCN(CC)CC1)[C@H](C)CC. The number of aryl methyl sites for hydroxylation is 1. The van der Waals surface area contributed by atoms with Crippen molar-refractivity contribution in [2.75, 3.05) is 37.6 Å². The van der Waals surface area contributed by atoms with Crippen LogP contribution in [0.4, 0.5) is 5.82 Å². The maximum atomic E-state index is 13.8. The number of hydrogen-bond donors (Lipinski definition) is 0. The van der Waals surface area contributed by atoms with Gasteiger partial charge in [-0.2, -0.15) is 5.10 Å². The van der Waals surface area contributed by atoms with E-state index in [1.807, 2.05) is 6.07 Å². The van der Waals surface area contributed by atoms with Gasteiger partial charge in [-0.1, -0.05) is 58.7 Å². The molecule has 3 rings (SSSR count). The molecule has 1 aromatic heterocycles. The summed E-state index contributed by atoms with van der Waals surface area (Å²) in [7, 11) is 0. The van der Waals surface area contributed by atoms with Crippen molar-refractivity contribution in [3.8, 4) is 5.69 Å². The van der Waals surface area contributed by atoms with Crippen molar-refractivity contribution in [1.82, 2.24) is 19.6 Å². The van der Waals surface area contributed by atoms with Crippen molar-refractivity contribution in [1.29, 1.82) is 0 Å². The Bertz CT molecular complexity index is 917. The van der Waals surface area contributed by atoms with Crippen molar-refractivity contribution in [3.63, 3.8) is 0 Å². The van der Waals surface area contributed by atoms with Crippen LogP contribution >= 0.6 is 0 Å². The Labute approximate surface area is 213 Å². The maximum Gasteiger partial charge on any atom is 0.226 e. The Balaban J connectivity index is 2.01. The highest BCUT2D eigenvalue weighted by Crippen LogP contribution is 2.31. The largest absolute Gasteiger partial charge is 0.354 e. The molecule has 194 valence electrons. The van der Waals surface area contributed by atoms with E-state index in [0.29, 0.717) is 12.5 Å². The van der Waals surface area contributed by atoms with Gasteiger partial charge < -0.3 is 14.7 Å². The average Bonchev–Trinajstić information content (AvgIpc) is 3.23.